The van der Waals surface area contributed by atoms with Crippen LogP contribution in [0.4, 0.5) is 16.2 Å². The van der Waals surface area contributed by atoms with Gasteiger partial charge in [0, 0.05) is 31.5 Å². The first-order valence-electron chi connectivity index (χ1n) is 7.25. The number of hydrogen-bond donors (Lipinski definition) is 2. The van der Waals surface area contributed by atoms with E-state index in [0.717, 1.165) is 18.7 Å². The molecule has 0 atom stereocenters. The van der Waals surface area contributed by atoms with Crippen molar-refractivity contribution in [1.82, 2.24) is 10.3 Å². The third kappa shape index (κ3) is 3.63. The lowest BCUT2D eigenvalue weighted by molar-refractivity contribution is 0.251. The molecule has 112 valence electrons. The molecule has 0 bridgehead atoms. The molecule has 2 N–H and O–H groups in total. The Labute approximate surface area is 129 Å². The largest absolute Gasteiger partial charge is 0.364 e. The number of nitrogens with one attached hydrogen (secondary N) is 2. The molecule has 0 spiro atoms. The maximum Gasteiger partial charge on any atom is 0.319 e. The first kappa shape index (κ1) is 14.1. The molecule has 2 amide bonds. The van der Waals surface area contributed by atoms with Crippen LogP contribution >= 0.6 is 0 Å². The van der Waals surface area contributed by atoms with Gasteiger partial charge in [-0.15, -0.1) is 0 Å². The van der Waals surface area contributed by atoms with Gasteiger partial charge < -0.3 is 15.5 Å². The number of amides is 2. The van der Waals surface area contributed by atoms with Gasteiger partial charge in [-0.3, -0.25) is 4.98 Å². The van der Waals surface area contributed by atoms with Gasteiger partial charge in [0.1, 0.15) is 0 Å². The second-order valence-corrected chi connectivity index (χ2v) is 5.09. The molecule has 1 aromatic carbocycles. The monoisotopic (exact) mass is 294 g/mol. The summed E-state index contributed by atoms with van der Waals surface area (Å²) in [6.07, 6.45) is 7.61. The van der Waals surface area contributed by atoms with Crippen molar-refractivity contribution >= 4 is 17.4 Å². The molecule has 0 radical (unpaired) electrons. The van der Waals surface area contributed by atoms with E-state index in [1.54, 1.807) is 24.5 Å². The van der Waals surface area contributed by atoms with Crippen molar-refractivity contribution in [3.63, 3.8) is 0 Å². The molecule has 0 aliphatic carbocycles. The quantitative estimate of drug-likeness (QED) is 0.853. The van der Waals surface area contributed by atoms with Crippen molar-refractivity contribution in [2.75, 3.05) is 23.3 Å². The third-order valence-corrected chi connectivity index (χ3v) is 3.49. The van der Waals surface area contributed by atoms with Crippen LogP contribution in [0, 0.1) is 0 Å². The number of rotatable bonds is 4. The van der Waals surface area contributed by atoms with E-state index in [0.29, 0.717) is 12.2 Å². The number of benzene rings is 1. The Kier molecular flexibility index (Phi) is 4.34. The summed E-state index contributed by atoms with van der Waals surface area (Å²) < 4.78 is 0. The van der Waals surface area contributed by atoms with Gasteiger partial charge in [0.2, 0.25) is 0 Å². The number of pyridine rings is 1. The minimum atomic E-state index is -0.235. The molecule has 5 heteroatoms. The lowest BCUT2D eigenvalue weighted by atomic mass is 10.2. The summed E-state index contributed by atoms with van der Waals surface area (Å²) in [5, 5.41) is 5.57. The topological polar surface area (TPSA) is 57.3 Å². The number of carbonyl (C=O) groups excluding carboxylic acids is 1. The molecular formula is C17H18N4O. The zero-order chi connectivity index (χ0) is 15.2. The van der Waals surface area contributed by atoms with Crippen LogP contribution in [0.5, 0.6) is 0 Å². The highest BCUT2D eigenvalue weighted by atomic mass is 16.2. The number of carbonyl (C=O) groups is 1. The zero-order valence-corrected chi connectivity index (χ0v) is 12.2. The highest BCUT2D eigenvalue weighted by molar-refractivity contribution is 5.88. The molecule has 0 fully saturated rings. The molecule has 5 nitrogen and oxygen atoms in total. The molecule has 1 aromatic heterocycles. The van der Waals surface area contributed by atoms with E-state index in [-0.39, 0.29) is 6.03 Å². The summed E-state index contributed by atoms with van der Waals surface area (Å²) in [6, 6.07) is 11.6. The van der Waals surface area contributed by atoms with E-state index in [1.165, 1.54) is 5.69 Å². The molecule has 22 heavy (non-hydrogen) atoms. The molecule has 0 unspecified atom stereocenters. The van der Waals surface area contributed by atoms with Gasteiger partial charge in [-0.05, 0) is 29.8 Å². The number of anilines is 2. The molecule has 3 rings (SSSR count). The van der Waals surface area contributed by atoms with Gasteiger partial charge >= 0.3 is 6.03 Å². The van der Waals surface area contributed by atoms with Crippen LogP contribution < -0.4 is 15.5 Å². The number of aromatic nitrogens is 1. The molecule has 0 saturated carbocycles. The van der Waals surface area contributed by atoms with Crippen LogP contribution in [-0.4, -0.2) is 24.1 Å². The maximum atomic E-state index is 11.8. The van der Waals surface area contributed by atoms with E-state index in [4.69, 9.17) is 0 Å². The van der Waals surface area contributed by atoms with Crippen molar-refractivity contribution in [3.8, 4) is 0 Å². The molecule has 2 heterocycles. The third-order valence-electron chi connectivity index (χ3n) is 3.49. The van der Waals surface area contributed by atoms with Crippen molar-refractivity contribution in [1.29, 1.82) is 0 Å². The zero-order valence-electron chi connectivity index (χ0n) is 12.2. The van der Waals surface area contributed by atoms with E-state index in [2.05, 4.69) is 44.8 Å². The van der Waals surface area contributed by atoms with Crippen LogP contribution in [0.3, 0.4) is 0 Å². The van der Waals surface area contributed by atoms with Crippen molar-refractivity contribution in [2.45, 2.75) is 6.54 Å². The van der Waals surface area contributed by atoms with Gasteiger partial charge in [-0.2, -0.15) is 0 Å². The second-order valence-electron chi connectivity index (χ2n) is 5.09. The summed E-state index contributed by atoms with van der Waals surface area (Å²) >= 11 is 0. The standard InChI is InChI=1S/C17H18N4O/c22-17(20-15-4-3-9-18-13-15)19-12-14-5-7-16(8-6-14)21-10-1-2-11-21/h1-9,13H,10-12H2,(H2,19,20,22). The summed E-state index contributed by atoms with van der Waals surface area (Å²) in [5.41, 5.74) is 2.95. The SMILES string of the molecule is O=C(NCc1ccc(N2CC=CC2)cc1)Nc1cccnc1. The molecule has 0 saturated heterocycles. The first-order valence-corrected chi connectivity index (χ1v) is 7.25. The Morgan fingerprint density at radius 2 is 1.91 bits per heavy atom. The lowest BCUT2D eigenvalue weighted by Crippen LogP contribution is -2.28. The molecule has 2 aromatic rings. The molecular weight excluding hydrogens is 276 g/mol. The van der Waals surface area contributed by atoms with E-state index < -0.39 is 0 Å². The Hall–Kier alpha value is -2.82. The average Bonchev–Trinajstić information content (AvgIpc) is 3.09. The summed E-state index contributed by atoms with van der Waals surface area (Å²) in [5.74, 6) is 0. The van der Waals surface area contributed by atoms with Crippen molar-refractivity contribution in [2.24, 2.45) is 0 Å². The van der Waals surface area contributed by atoms with Crippen LogP contribution in [0.15, 0.2) is 60.9 Å². The number of hydrogen-bond acceptors (Lipinski definition) is 3. The van der Waals surface area contributed by atoms with Gasteiger partial charge in [0.25, 0.3) is 0 Å². The van der Waals surface area contributed by atoms with E-state index in [1.807, 2.05) is 12.1 Å². The van der Waals surface area contributed by atoms with Crippen molar-refractivity contribution < 1.29 is 4.79 Å². The molecule has 1 aliphatic heterocycles. The minimum absolute atomic E-state index is 0.235. The normalized spacial score (nSPS) is 13.2. The summed E-state index contributed by atoms with van der Waals surface area (Å²) in [4.78, 5) is 18.0. The summed E-state index contributed by atoms with van der Waals surface area (Å²) in [7, 11) is 0. The smallest absolute Gasteiger partial charge is 0.319 e. The van der Waals surface area contributed by atoms with Gasteiger partial charge in [0.15, 0.2) is 0 Å². The van der Waals surface area contributed by atoms with Crippen LogP contribution in [0.2, 0.25) is 0 Å². The highest BCUT2D eigenvalue weighted by Gasteiger charge is 2.07. The van der Waals surface area contributed by atoms with Crippen LogP contribution in [-0.2, 0) is 6.54 Å². The van der Waals surface area contributed by atoms with Crippen LogP contribution in [0.1, 0.15) is 5.56 Å². The maximum absolute atomic E-state index is 11.8. The Morgan fingerprint density at radius 1 is 1.14 bits per heavy atom. The fourth-order valence-electron chi connectivity index (χ4n) is 2.31. The average molecular weight is 294 g/mol. The first-order chi connectivity index (χ1) is 10.8. The van der Waals surface area contributed by atoms with Gasteiger partial charge in [-0.1, -0.05) is 24.3 Å². The van der Waals surface area contributed by atoms with E-state index in [9.17, 15) is 4.79 Å². The number of nitrogens with zero attached hydrogens (tertiary/aromatic N) is 2. The predicted octanol–water partition coefficient (Wildman–Crippen LogP) is 2.78. The fourth-order valence-corrected chi connectivity index (χ4v) is 2.31. The fraction of sp³-hybridized carbons (Fsp3) is 0.176. The second kappa shape index (κ2) is 6.76. The Bertz CT molecular complexity index is 644. The molecule has 1 aliphatic rings. The van der Waals surface area contributed by atoms with Crippen molar-refractivity contribution in [3.05, 3.63) is 66.5 Å². The lowest BCUT2D eigenvalue weighted by Gasteiger charge is -2.17. The summed E-state index contributed by atoms with van der Waals surface area (Å²) in [6.45, 7) is 2.42. The van der Waals surface area contributed by atoms with E-state index >= 15 is 0 Å². The van der Waals surface area contributed by atoms with Gasteiger partial charge in [-0.25, -0.2) is 4.79 Å². The van der Waals surface area contributed by atoms with Crippen LogP contribution in [0.25, 0.3) is 0 Å². The highest BCUT2D eigenvalue weighted by Crippen LogP contribution is 2.17. The Morgan fingerprint density at radius 3 is 2.59 bits per heavy atom. The Balaban J connectivity index is 1.49. The number of urea groups is 1. The minimum Gasteiger partial charge on any atom is -0.364 e. The van der Waals surface area contributed by atoms with Gasteiger partial charge in [0.05, 0.1) is 11.9 Å². The predicted molar refractivity (Wildman–Crippen MR) is 87.9 cm³/mol.